The molecule has 2 saturated carbocycles. The van der Waals surface area contributed by atoms with Crippen molar-refractivity contribution in [2.75, 3.05) is 0 Å². The number of fused-ring (bicyclic) bond motifs is 2. The molecular weight excluding hydrogens is 452 g/mol. The van der Waals surface area contributed by atoms with Gasteiger partial charge in [-0.1, -0.05) is 70.7 Å². The minimum atomic E-state index is 0.425. The van der Waals surface area contributed by atoms with Gasteiger partial charge in [0.1, 0.15) is 5.52 Å². The zero-order chi connectivity index (χ0) is 25.8. The molecule has 3 aliphatic rings. The highest BCUT2D eigenvalue weighted by atomic mass is 16.3. The molecule has 0 amide bonds. The first kappa shape index (κ1) is 26.2. The molecule has 2 aliphatic carbocycles. The minimum Gasteiger partial charge on any atom is -0.440 e. The number of nitrogens with zero attached hydrogens (tertiary/aromatic N) is 2. The molecule has 0 bridgehead atoms. The van der Waals surface area contributed by atoms with E-state index < -0.39 is 0 Å². The summed E-state index contributed by atoms with van der Waals surface area (Å²) in [5.74, 6) is 3.14. The summed E-state index contributed by atoms with van der Waals surface area (Å²) in [4.78, 5) is 10.3. The van der Waals surface area contributed by atoms with Crippen molar-refractivity contribution in [1.82, 2.24) is 4.98 Å². The lowest BCUT2D eigenvalue weighted by molar-refractivity contribution is 0.240. The van der Waals surface area contributed by atoms with Gasteiger partial charge in [0.2, 0.25) is 0 Å². The Kier molecular flexibility index (Phi) is 8.47. The number of unbranched alkanes of at least 4 members (excludes halogenated alkanes) is 2. The third-order valence-electron chi connectivity index (χ3n) is 9.02. The Balaban J connectivity index is 1.44. The van der Waals surface area contributed by atoms with Gasteiger partial charge in [0.25, 0.3) is 0 Å². The summed E-state index contributed by atoms with van der Waals surface area (Å²) in [6.45, 7) is 9.49. The normalized spacial score (nSPS) is 25.5. The maximum atomic E-state index is 6.22. The van der Waals surface area contributed by atoms with E-state index in [1.165, 1.54) is 56.4 Å². The number of hydrogen-bond donors (Lipinski definition) is 0. The molecule has 2 aromatic rings. The van der Waals surface area contributed by atoms with Crippen molar-refractivity contribution in [3.63, 3.8) is 0 Å². The monoisotopic (exact) mass is 498 g/mol. The van der Waals surface area contributed by atoms with Crippen LogP contribution in [0.5, 0.6) is 0 Å². The van der Waals surface area contributed by atoms with E-state index in [9.17, 15) is 0 Å². The lowest BCUT2D eigenvalue weighted by Crippen LogP contribution is -2.26. The van der Waals surface area contributed by atoms with Crippen LogP contribution in [0.2, 0.25) is 0 Å². The summed E-state index contributed by atoms with van der Waals surface area (Å²) in [7, 11) is 0. The lowest BCUT2D eigenvalue weighted by Gasteiger charge is -2.36. The largest absolute Gasteiger partial charge is 0.440 e. The molecule has 3 heteroatoms. The molecule has 1 aromatic heterocycles. The van der Waals surface area contributed by atoms with Gasteiger partial charge < -0.3 is 4.42 Å². The van der Waals surface area contributed by atoms with Crippen LogP contribution in [0.25, 0.3) is 11.1 Å². The van der Waals surface area contributed by atoms with Crippen molar-refractivity contribution >= 4 is 16.8 Å². The third kappa shape index (κ3) is 5.86. The molecule has 0 spiro atoms. The first-order chi connectivity index (χ1) is 18.0. The molecule has 1 aromatic carbocycles. The van der Waals surface area contributed by atoms with E-state index in [0.29, 0.717) is 23.7 Å². The minimum absolute atomic E-state index is 0.425. The number of rotatable bonds is 7. The average Bonchev–Trinajstić information content (AvgIpc) is 3.11. The third-order valence-corrected chi connectivity index (χ3v) is 9.02. The molecule has 0 N–H and O–H groups in total. The highest BCUT2D eigenvalue weighted by Gasteiger charge is 2.36. The highest BCUT2D eigenvalue weighted by Crippen LogP contribution is 2.47. The van der Waals surface area contributed by atoms with E-state index in [-0.39, 0.29) is 0 Å². The van der Waals surface area contributed by atoms with Gasteiger partial charge in [-0.05, 0) is 105 Å². The smallest absolute Gasteiger partial charge is 0.198 e. The van der Waals surface area contributed by atoms with E-state index in [4.69, 9.17) is 14.4 Å². The van der Waals surface area contributed by atoms with Gasteiger partial charge in [-0.25, -0.2) is 4.98 Å². The van der Waals surface area contributed by atoms with E-state index >= 15 is 0 Å². The Morgan fingerprint density at radius 2 is 1.92 bits per heavy atom. The Hall–Kier alpha value is -2.42. The fraction of sp³-hybridized carbons (Fsp3) is 0.588. The molecule has 3 atom stereocenters. The molecule has 3 unspecified atom stereocenters. The summed E-state index contributed by atoms with van der Waals surface area (Å²) in [6.07, 6.45) is 19.3. The summed E-state index contributed by atoms with van der Waals surface area (Å²) >= 11 is 0. The van der Waals surface area contributed by atoms with Gasteiger partial charge in [0, 0.05) is 11.6 Å². The van der Waals surface area contributed by atoms with Gasteiger partial charge in [0.15, 0.2) is 11.5 Å². The van der Waals surface area contributed by atoms with E-state index in [0.717, 1.165) is 49.1 Å². The van der Waals surface area contributed by atoms with Crippen LogP contribution in [0, 0.1) is 17.8 Å². The molecule has 2 heterocycles. The predicted octanol–water partition coefficient (Wildman–Crippen LogP) is 10.1. The van der Waals surface area contributed by atoms with Gasteiger partial charge in [-0.2, -0.15) is 0 Å². The van der Waals surface area contributed by atoms with Gasteiger partial charge in [-0.15, -0.1) is 0 Å². The Morgan fingerprint density at radius 3 is 2.70 bits per heavy atom. The summed E-state index contributed by atoms with van der Waals surface area (Å²) < 4.78 is 6.22. The Bertz CT molecular complexity index is 1170. The van der Waals surface area contributed by atoms with E-state index in [2.05, 4.69) is 45.9 Å². The van der Waals surface area contributed by atoms with E-state index in [1.807, 2.05) is 18.2 Å². The number of aliphatic imine (C=N–C) groups is 1. The quantitative estimate of drug-likeness (QED) is 0.356. The van der Waals surface area contributed by atoms with Crippen LogP contribution in [-0.2, 0) is 0 Å². The van der Waals surface area contributed by atoms with Crippen molar-refractivity contribution in [3.8, 4) is 0 Å². The van der Waals surface area contributed by atoms with E-state index in [1.54, 1.807) is 16.7 Å². The first-order valence-electron chi connectivity index (χ1n) is 15.1. The summed E-state index contributed by atoms with van der Waals surface area (Å²) in [5, 5.41) is 0. The number of hydrogen-bond acceptors (Lipinski definition) is 3. The van der Waals surface area contributed by atoms with Crippen LogP contribution in [-0.4, -0.2) is 10.7 Å². The Labute approximate surface area is 224 Å². The SMILES string of the molecule is CCCC/C=C\C1=C(C(C)C)CC(C2CCC(c3nc4ccccc4o3)CC2C)=C2CCCCCC2=N1. The van der Waals surface area contributed by atoms with Crippen molar-refractivity contribution in [3.05, 3.63) is 64.7 Å². The zero-order valence-electron chi connectivity index (χ0n) is 23.6. The van der Waals surface area contributed by atoms with Crippen LogP contribution >= 0.6 is 0 Å². The highest BCUT2D eigenvalue weighted by molar-refractivity contribution is 6.02. The van der Waals surface area contributed by atoms with Gasteiger partial charge in [-0.3, -0.25) is 4.99 Å². The molecule has 1 aliphatic heterocycles. The number of benzene rings is 1. The second-order valence-electron chi connectivity index (χ2n) is 12.0. The molecule has 2 fully saturated rings. The molecule has 3 nitrogen and oxygen atoms in total. The van der Waals surface area contributed by atoms with Crippen molar-refractivity contribution < 1.29 is 4.42 Å². The standard InChI is InChI=1S/C34H46N2O/c1-5-6-7-10-16-31-28(23(2)3)22-29(27-14-9-8-11-15-30(27)35-31)26-20-19-25(21-24(26)4)34-36-32-17-12-13-18-33(32)37-34/h10,12-13,16-18,23-26H,5-9,11,14-15,19-22H2,1-4H3/b16-10-. The zero-order valence-corrected chi connectivity index (χ0v) is 23.6. The second kappa shape index (κ2) is 12.0. The van der Waals surface area contributed by atoms with Crippen LogP contribution in [0.15, 0.2) is 68.2 Å². The fourth-order valence-electron chi connectivity index (χ4n) is 6.87. The van der Waals surface area contributed by atoms with Gasteiger partial charge in [0.05, 0.1) is 5.70 Å². The van der Waals surface area contributed by atoms with Crippen molar-refractivity contribution in [1.29, 1.82) is 0 Å². The maximum Gasteiger partial charge on any atom is 0.198 e. The topological polar surface area (TPSA) is 38.4 Å². The fourth-order valence-corrected chi connectivity index (χ4v) is 6.87. The van der Waals surface area contributed by atoms with Crippen LogP contribution < -0.4 is 0 Å². The van der Waals surface area contributed by atoms with Crippen LogP contribution in [0.1, 0.15) is 117 Å². The summed E-state index contributed by atoms with van der Waals surface area (Å²) in [6, 6.07) is 8.19. The molecule has 0 radical (unpaired) electrons. The lowest BCUT2D eigenvalue weighted by atomic mass is 9.68. The molecule has 0 saturated heterocycles. The van der Waals surface area contributed by atoms with Crippen molar-refractivity contribution in [2.24, 2.45) is 22.7 Å². The molecule has 5 rings (SSSR count). The molecule has 37 heavy (non-hydrogen) atoms. The maximum absolute atomic E-state index is 6.22. The predicted molar refractivity (Wildman–Crippen MR) is 156 cm³/mol. The van der Waals surface area contributed by atoms with Crippen LogP contribution in [0.4, 0.5) is 0 Å². The number of oxazole rings is 1. The van der Waals surface area contributed by atoms with Crippen LogP contribution in [0.3, 0.4) is 0 Å². The molecular formula is C34H46N2O. The number of allylic oxidation sites excluding steroid dienone is 5. The average molecular weight is 499 g/mol. The number of para-hydroxylation sites is 2. The van der Waals surface area contributed by atoms with Crippen molar-refractivity contribution in [2.45, 2.75) is 111 Å². The van der Waals surface area contributed by atoms with Gasteiger partial charge >= 0.3 is 0 Å². The second-order valence-corrected chi connectivity index (χ2v) is 12.0. The first-order valence-corrected chi connectivity index (χ1v) is 15.1. The Morgan fingerprint density at radius 1 is 1.08 bits per heavy atom. The summed E-state index contributed by atoms with van der Waals surface area (Å²) in [5.41, 5.74) is 9.49. The molecule has 198 valence electrons. The number of aromatic nitrogens is 1.